The fourth-order valence-electron chi connectivity index (χ4n) is 3.82. The number of thioether (sulfide) groups is 1. The molecule has 0 N–H and O–H groups in total. The van der Waals surface area contributed by atoms with Crippen LogP contribution in [0.4, 0.5) is 4.39 Å². The Balaban J connectivity index is 1.43. The van der Waals surface area contributed by atoms with Crippen LogP contribution in [0.3, 0.4) is 0 Å². The van der Waals surface area contributed by atoms with Gasteiger partial charge in [0.2, 0.25) is 11.8 Å². The van der Waals surface area contributed by atoms with E-state index < -0.39 is 0 Å². The average Bonchev–Trinajstić information content (AvgIpc) is 3.27. The molecule has 1 heterocycles. The van der Waals surface area contributed by atoms with Crippen LogP contribution in [0.2, 0.25) is 5.02 Å². The molecule has 3 aromatic rings. The molecule has 162 valence electrons. The molecule has 0 aliphatic heterocycles. The molecule has 4 rings (SSSR count). The summed E-state index contributed by atoms with van der Waals surface area (Å²) in [6, 6.07) is 13.8. The van der Waals surface area contributed by atoms with Crippen molar-refractivity contribution in [1.82, 2.24) is 15.1 Å². The predicted molar refractivity (Wildman–Crippen MR) is 119 cm³/mol. The number of carbonyl (C=O) groups is 1. The first-order valence-electron chi connectivity index (χ1n) is 10.4. The zero-order valence-electron chi connectivity index (χ0n) is 17.0. The SMILES string of the molecule is O=C(CSc1nnc(-c2ccccc2Cl)o1)N(Cc1ccc(F)cc1)C1CCCCC1. The Hall–Kier alpha value is -2.38. The number of carbonyl (C=O) groups excluding carboxylic acids is 1. The molecule has 0 spiro atoms. The third-order valence-electron chi connectivity index (χ3n) is 5.43. The molecule has 5 nitrogen and oxygen atoms in total. The van der Waals surface area contributed by atoms with Crippen molar-refractivity contribution in [1.29, 1.82) is 0 Å². The third-order valence-corrected chi connectivity index (χ3v) is 6.56. The monoisotopic (exact) mass is 459 g/mol. The molecular formula is C23H23ClFN3O2S. The first-order valence-corrected chi connectivity index (χ1v) is 11.7. The minimum Gasteiger partial charge on any atom is -0.411 e. The van der Waals surface area contributed by atoms with E-state index in [9.17, 15) is 9.18 Å². The summed E-state index contributed by atoms with van der Waals surface area (Å²) < 4.78 is 19.0. The summed E-state index contributed by atoms with van der Waals surface area (Å²) in [6.07, 6.45) is 5.44. The Morgan fingerprint density at radius 3 is 2.58 bits per heavy atom. The quantitative estimate of drug-likeness (QED) is 0.406. The molecule has 1 fully saturated rings. The van der Waals surface area contributed by atoms with Gasteiger partial charge >= 0.3 is 0 Å². The van der Waals surface area contributed by atoms with Crippen molar-refractivity contribution in [3.05, 3.63) is 64.9 Å². The Labute approximate surface area is 190 Å². The van der Waals surface area contributed by atoms with Gasteiger partial charge in [-0.25, -0.2) is 4.39 Å². The van der Waals surface area contributed by atoms with E-state index in [0.717, 1.165) is 31.2 Å². The van der Waals surface area contributed by atoms with Gasteiger partial charge in [-0.1, -0.05) is 66.9 Å². The van der Waals surface area contributed by atoms with E-state index in [-0.39, 0.29) is 23.5 Å². The summed E-state index contributed by atoms with van der Waals surface area (Å²) in [7, 11) is 0. The first kappa shape index (κ1) is 21.8. The second kappa shape index (κ2) is 10.3. The highest BCUT2D eigenvalue weighted by atomic mass is 35.5. The van der Waals surface area contributed by atoms with E-state index in [4.69, 9.17) is 16.0 Å². The summed E-state index contributed by atoms with van der Waals surface area (Å²) in [5, 5.41) is 8.96. The Morgan fingerprint density at radius 2 is 1.84 bits per heavy atom. The van der Waals surface area contributed by atoms with Gasteiger partial charge in [-0.3, -0.25) is 4.79 Å². The zero-order chi connectivity index (χ0) is 21.6. The van der Waals surface area contributed by atoms with Crippen LogP contribution in [0, 0.1) is 5.82 Å². The summed E-state index contributed by atoms with van der Waals surface area (Å²) in [5.41, 5.74) is 1.58. The molecule has 0 atom stereocenters. The molecule has 1 aliphatic rings. The zero-order valence-corrected chi connectivity index (χ0v) is 18.5. The minimum absolute atomic E-state index is 0.0127. The smallest absolute Gasteiger partial charge is 0.277 e. The topological polar surface area (TPSA) is 59.2 Å². The molecule has 0 radical (unpaired) electrons. The van der Waals surface area contributed by atoms with Crippen LogP contribution in [0.25, 0.3) is 11.5 Å². The second-order valence-electron chi connectivity index (χ2n) is 7.58. The maximum Gasteiger partial charge on any atom is 0.277 e. The number of benzene rings is 2. The largest absolute Gasteiger partial charge is 0.411 e. The Bertz CT molecular complexity index is 1020. The van der Waals surface area contributed by atoms with Gasteiger partial charge in [0.25, 0.3) is 5.22 Å². The van der Waals surface area contributed by atoms with Crippen molar-refractivity contribution >= 4 is 29.3 Å². The molecule has 31 heavy (non-hydrogen) atoms. The van der Waals surface area contributed by atoms with E-state index in [1.807, 2.05) is 23.1 Å². The van der Waals surface area contributed by atoms with Crippen LogP contribution in [0.5, 0.6) is 0 Å². The molecule has 1 aliphatic carbocycles. The number of hydrogen-bond acceptors (Lipinski definition) is 5. The molecule has 1 amide bonds. The van der Waals surface area contributed by atoms with E-state index in [2.05, 4.69) is 10.2 Å². The van der Waals surface area contributed by atoms with Gasteiger partial charge in [-0.2, -0.15) is 0 Å². The van der Waals surface area contributed by atoms with Gasteiger partial charge in [0.1, 0.15) is 5.82 Å². The Kier molecular flexibility index (Phi) is 7.25. The summed E-state index contributed by atoms with van der Waals surface area (Å²) >= 11 is 7.41. The first-order chi connectivity index (χ1) is 15.1. The second-order valence-corrected chi connectivity index (χ2v) is 8.92. The Morgan fingerprint density at radius 1 is 1.10 bits per heavy atom. The van der Waals surface area contributed by atoms with Crippen molar-refractivity contribution in [3.8, 4) is 11.5 Å². The summed E-state index contributed by atoms with van der Waals surface area (Å²) in [5.74, 6) is 0.261. The van der Waals surface area contributed by atoms with Crippen LogP contribution < -0.4 is 0 Å². The number of halogens is 2. The van der Waals surface area contributed by atoms with Gasteiger partial charge in [0, 0.05) is 12.6 Å². The number of aromatic nitrogens is 2. The van der Waals surface area contributed by atoms with Crippen LogP contribution in [0.15, 0.2) is 58.2 Å². The lowest BCUT2D eigenvalue weighted by molar-refractivity contribution is -0.132. The van der Waals surface area contributed by atoms with Crippen molar-refractivity contribution in [3.63, 3.8) is 0 Å². The number of amides is 1. The van der Waals surface area contributed by atoms with Crippen molar-refractivity contribution in [2.75, 3.05) is 5.75 Å². The molecule has 2 aromatic carbocycles. The summed E-state index contributed by atoms with van der Waals surface area (Å²) in [6.45, 7) is 0.471. The molecular weight excluding hydrogens is 437 g/mol. The highest BCUT2D eigenvalue weighted by Crippen LogP contribution is 2.30. The van der Waals surface area contributed by atoms with E-state index in [1.165, 1.54) is 30.3 Å². The fraction of sp³-hybridized carbons (Fsp3) is 0.348. The van der Waals surface area contributed by atoms with Crippen molar-refractivity contribution in [2.45, 2.75) is 49.9 Å². The predicted octanol–water partition coefficient (Wildman–Crippen LogP) is 5.98. The summed E-state index contributed by atoms with van der Waals surface area (Å²) in [4.78, 5) is 15.1. The van der Waals surface area contributed by atoms with Crippen LogP contribution in [-0.2, 0) is 11.3 Å². The number of rotatable bonds is 7. The van der Waals surface area contributed by atoms with Crippen molar-refractivity contribution in [2.24, 2.45) is 0 Å². The highest BCUT2D eigenvalue weighted by Gasteiger charge is 2.26. The maximum absolute atomic E-state index is 13.3. The highest BCUT2D eigenvalue weighted by molar-refractivity contribution is 7.99. The lowest BCUT2D eigenvalue weighted by atomic mass is 9.94. The minimum atomic E-state index is -0.277. The van der Waals surface area contributed by atoms with Crippen LogP contribution >= 0.6 is 23.4 Å². The lowest BCUT2D eigenvalue weighted by Gasteiger charge is -2.34. The average molecular weight is 460 g/mol. The van der Waals surface area contributed by atoms with Crippen molar-refractivity contribution < 1.29 is 13.6 Å². The maximum atomic E-state index is 13.3. The van der Waals surface area contributed by atoms with E-state index in [0.29, 0.717) is 28.2 Å². The lowest BCUT2D eigenvalue weighted by Crippen LogP contribution is -2.41. The standard InChI is InChI=1S/C23H23ClFN3O2S/c24-20-9-5-4-8-19(20)22-26-27-23(30-22)31-15-21(29)28(18-6-2-1-3-7-18)14-16-10-12-17(25)13-11-16/h4-5,8-13,18H,1-3,6-7,14-15H2. The van der Waals surface area contributed by atoms with Gasteiger partial charge in [-0.15, -0.1) is 10.2 Å². The van der Waals surface area contributed by atoms with E-state index >= 15 is 0 Å². The number of hydrogen-bond donors (Lipinski definition) is 0. The van der Waals surface area contributed by atoms with E-state index in [1.54, 1.807) is 18.2 Å². The number of nitrogens with zero attached hydrogens (tertiary/aromatic N) is 3. The molecule has 0 unspecified atom stereocenters. The van der Waals surface area contributed by atoms with Gasteiger partial charge in [-0.05, 0) is 42.7 Å². The molecule has 0 saturated heterocycles. The van der Waals surface area contributed by atoms with Crippen LogP contribution in [0.1, 0.15) is 37.7 Å². The normalized spacial score (nSPS) is 14.5. The molecule has 1 aromatic heterocycles. The molecule has 1 saturated carbocycles. The molecule has 8 heteroatoms. The van der Waals surface area contributed by atoms with Gasteiger partial charge in [0.15, 0.2) is 0 Å². The van der Waals surface area contributed by atoms with Crippen LogP contribution in [-0.4, -0.2) is 32.8 Å². The molecule has 0 bridgehead atoms. The third kappa shape index (κ3) is 5.66. The van der Waals surface area contributed by atoms with Gasteiger partial charge in [0.05, 0.1) is 16.3 Å². The van der Waals surface area contributed by atoms with Gasteiger partial charge < -0.3 is 9.32 Å². The fourth-order valence-corrected chi connectivity index (χ4v) is 4.68.